The Morgan fingerprint density at radius 3 is 2.12 bits per heavy atom. The van der Waals surface area contributed by atoms with Gasteiger partial charge in [0.1, 0.15) is 5.82 Å². The Balaban J connectivity index is 2.35. The van der Waals surface area contributed by atoms with Crippen molar-refractivity contribution < 1.29 is 22.0 Å². The number of rotatable bonds is 1. The molecule has 1 aromatic carbocycles. The largest absolute Gasteiger partial charge is 0.470 e. The summed E-state index contributed by atoms with van der Waals surface area (Å²) in [7, 11) is 0. The van der Waals surface area contributed by atoms with Crippen LogP contribution in [0, 0.1) is 5.82 Å². The van der Waals surface area contributed by atoms with Crippen LogP contribution in [0.3, 0.4) is 0 Å². The molecule has 0 atom stereocenters. The molecule has 0 aliphatic rings. The van der Waals surface area contributed by atoms with Crippen molar-refractivity contribution in [2.24, 2.45) is 0 Å². The fourth-order valence-corrected chi connectivity index (χ4v) is 1.05. The van der Waals surface area contributed by atoms with E-state index in [1.165, 1.54) is 12.1 Å². The van der Waals surface area contributed by atoms with Gasteiger partial charge in [-0.25, -0.2) is 4.39 Å². The van der Waals surface area contributed by atoms with Crippen molar-refractivity contribution >= 4 is 0 Å². The minimum Gasteiger partial charge on any atom is -0.413 e. The highest BCUT2D eigenvalue weighted by molar-refractivity contribution is 5.51. The second-order valence-electron chi connectivity index (χ2n) is 2.92. The Morgan fingerprint density at radius 2 is 1.62 bits per heavy atom. The Labute approximate surface area is 86.7 Å². The zero-order valence-electron chi connectivity index (χ0n) is 7.62. The normalized spacial score (nSPS) is 11.8. The van der Waals surface area contributed by atoms with Gasteiger partial charge in [0, 0.05) is 5.56 Å². The van der Waals surface area contributed by atoms with E-state index in [0.717, 1.165) is 12.1 Å². The van der Waals surface area contributed by atoms with Crippen molar-refractivity contribution in [2.45, 2.75) is 6.18 Å². The molecular formula is C9H4F4N2O. The van der Waals surface area contributed by atoms with Gasteiger partial charge >= 0.3 is 12.1 Å². The van der Waals surface area contributed by atoms with Gasteiger partial charge in [-0.1, -0.05) is 0 Å². The van der Waals surface area contributed by atoms with E-state index >= 15 is 0 Å². The third-order valence-electron chi connectivity index (χ3n) is 1.76. The Morgan fingerprint density at radius 1 is 1.00 bits per heavy atom. The number of benzene rings is 1. The minimum absolute atomic E-state index is 0.226. The highest BCUT2D eigenvalue weighted by Gasteiger charge is 2.38. The van der Waals surface area contributed by atoms with Gasteiger partial charge in [-0.3, -0.25) is 0 Å². The second-order valence-corrected chi connectivity index (χ2v) is 2.92. The molecule has 1 aromatic heterocycles. The summed E-state index contributed by atoms with van der Waals surface area (Å²) in [5.74, 6) is -2.22. The van der Waals surface area contributed by atoms with Crippen LogP contribution in [0.25, 0.3) is 11.5 Å². The van der Waals surface area contributed by atoms with E-state index in [1.54, 1.807) is 0 Å². The molecule has 0 radical (unpaired) electrons. The Hall–Kier alpha value is -1.92. The quantitative estimate of drug-likeness (QED) is 0.709. The lowest BCUT2D eigenvalue weighted by atomic mass is 10.2. The standard InChI is InChI=1S/C9H4F4N2O/c10-6-3-1-5(2-4-6)7-14-15-8(16-7)9(11,12)13/h1-4H. The summed E-state index contributed by atoms with van der Waals surface area (Å²) in [6.45, 7) is 0. The first-order valence-electron chi connectivity index (χ1n) is 4.13. The molecule has 0 aliphatic carbocycles. The van der Waals surface area contributed by atoms with Crippen molar-refractivity contribution in [3.8, 4) is 11.5 Å². The van der Waals surface area contributed by atoms with Crippen LogP contribution in [0.15, 0.2) is 28.7 Å². The minimum atomic E-state index is -4.68. The van der Waals surface area contributed by atoms with Crippen molar-refractivity contribution in [3.05, 3.63) is 36.0 Å². The molecule has 0 amide bonds. The van der Waals surface area contributed by atoms with Crippen LogP contribution in [0.1, 0.15) is 5.89 Å². The van der Waals surface area contributed by atoms with Gasteiger partial charge in [0.15, 0.2) is 0 Å². The molecule has 7 heteroatoms. The molecule has 0 N–H and O–H groups in total. The average molecular weight is 232 g/mol. The summed E-state index contributed by atoms with van der Waals surface area (Å²) >= 11 is 0. The van der Waals surface area contributed by atoms with Crippen LogP contribution < -0.4 is 0 Å². The zero-order chi connectivity index (χ0) is 11.8. The van der Waals surface area contributed by atoms with Crippen LogP contribution in [0.2, 0.25) is 0 Å². The van der Waals surface area contributed by atoms with E-state index < -0.39 is 17.9 Å². The lowest BCUT2D eigenvalue weighted by Crippen LogP contribution is -2.04. The summed E-state index contributed by atoms with van der Waals surface area (Å²) < 4.78 is 53.3. The van der Waals surface area contributed by atoms with Crippen LogP contribution in [0.5, 0.6) is 0 Å². The predicted octanol–water partition coefficient (Wildman–Crippen LogP) is 2.89. The SMILES string of the molecule is Fc1ccc(-c2nnc(C(F)(F)F)o2)cc1. The zero-order valence-corrected chi connectivity index (χ0v) is 7.62. The molecule has 0 unspecified atom stereocenters. The van der Waals surface area contributed by atoms with Gasteiger partial charge < -0.3 is 4.42 Å². The van der Waals surface area contributed by atoms with Crippen LogP contribution in [-0.2, 0) is 6.18 Å². The first-order valence-corrected chi connectivity index (χ1v) is 4.13. The van der Waals surface area contributed by atoms with E-state index in [-0.39, 0.29) is 11.5 Å². The van der Waals surface area contributed by atoms with E-state index in [2.05, 4.69) is 14.6 Å². The lowest BCUT2D eigenvalue weighted by molar-refractivity contribution is -0.156. The number of hydrogen-bond acceptors (Lipinski definition) is 3. The number of alkyl halides is 3. The van der Waals surface area contributed by atoms with Gasteiger partial charge in [0.25, 0.3) is 0 Å². The molecule has 0 bridgehead atoms. The van der Waals surface area contributed by atoms with Crippen LogP contribution >= 0.6 is 0 Å². The fourth-order valence-electron chi connectivity index (χ4n) is 1.05. The number of nitrogens with zero attached hydrogens (tertiary/aromatic N) is 2. The van der Waals surface area contributed by atoms with Crippen LogP contribution in [0.4, 0.5) is 17.6 Å². The number of aromatic nitrogens is 2. The summed E-state index contributed by atoms with van der Waals surface area (Å²) in [4.78, 5) is 0. The van der Waals surface area contributed by atoms with E-state index in [0.29, 0.717) is 0 Å². The van der Waals surface area contributed by atoms with Crippen LogP contribution in [-0.4, -0.2) is 10.2 Å². The molecule has 0 saturated heterocycles. The highest BCUT2D eigenvalue weighted by atomic mass is 19.4. The molecule has 2 aromatic rings. The molecule has 84 valence electrons. The first-order chi connectivity index (χ1) is 7.47. The summed E-state index contributed by atoms with van der Waals surface area (Å²) in [6.07, 6.45) is -4.68. The van der Waals surface area contributed by atoms with Crippen molar-refractivity contribution in [3.63, 3.8) is 0 Å². The Kier molecular flexibility index (Phi) is 2.37. The topological polar surface area (TPSA) is 38.9 Å². The molecule has 1 heterocycles. The molecule has 0 spiro atoms. The highest BCUT2D eigenvalue weighted by Crippen LogP contribution is 2.30. The van der Waals surface area contributed by atoms with Gasteiger partial charge in [-0.2, -0.15) is 13.2 Å². The van der Waals surface area contributed by atoms with E-state index in [4.69, 9.17) is 0 Å². The van der Waals surface area contributed by atoms with Gasteiger partial charge in [-0.15, -0.1) is 10.2 Å². The monoisotopic (exact) mass is 232 g/mol. The Bertz CT molecular complexity index is 489. The van der Waals surface area contributed by atoms with Crippen molar-refractivity contribution in [1.29, 1.82) is 0 Å². The first kappa shape index (κ1) is 10.6. The molecule has 0 fully saturated rings. The van der Waals surface area contributed by atoms with E-state index in [1.807, 2.05) is 0 Å². The maximum absolute atomic E-state index is 12.6. The molecular weight excluding hydrogens is 228 g/mol. The van der Waals surface area contributed by atoms with Crippen molar-refractivity contribution in [2.75, 3.05) is 0 Å². The van der Waals surface area contributed by atoms with Gasteiger partial charge in [0.2, 0.25) is 5.89 Å². The van der Waals surface area contributed by atoms with E-state index in [9.17, 15) is 17.6 Å². The maximum Gasteiger partial charge on any atom is 0.470 e. The molecule has 3 nitrogen and oxygen atoms in total. The smallest absolute Gasteiger partial charge is 0.413 e. The van der Waals surface area contributed by atoms with Gasteiger partial charge in [-0.05, 0) is 24.3 Å². The third kappa shape index (κ3) is 2.02. The predicted molar refractivity (Wildman–Crippen MR) is 44.7 cm³/mol. The lowest BCUT2D eigenvalue weighted by Gasteiger charge is -1.97. The molecule has 0 saturated carbocycles. The summed E-state index contributed by atoms with van der Waals surface area (Å²) in [5.41, 5.74) is 0.226. The summed E-state index contributed by atoms with van der Waals surface area (Å²) in [5, 5.41) is 6.07. The molecule has 2 rings (SSSR count). The van der Waals surface area contributed by atoms with Crippen molar-refractivity contribution in [1.82, 2.24) is 10.2 Å². The fraction of sp³-hybridized carbons (Fsp3) is 0.111. The number of hydrogen-bond donors (Lipinski definition) is 0. The van der Waals surface area contributed by atoms with Gasteiger partial charge in [0.05, 0.1) is 0 Å². The second kappa shape index (κ2) is 3.58. The number of halogens is 4. The average Bonchev–Trinajstić information content (AvgIpc) is 2.67. The molecule has 0 aliphatic heterocycles. The summed E-state index contributed by atoms with van der Waals surface area (Å²) in [6, 6.07) is 4.69. The maximum atomic E-state index is 12.6. The third-order valence-corrected chi connectivity index (χ3v) is 1.76. The molecule has 16 heavy (non-hydrogen) atoms.